The molecule has 1 fully saturated rings. The Kier molecular flexibility index (Phi) is 4.80. The van der Waals surface area contributed by atoms with Gasteiger partial charge >= 0.3 is 0 Å². The first-order valence-electron chi connectivity index (χ1n) is 6.65. The monoisotopic (exact) mass is 313 g/mol. The summed E-state index contributed by atoms with van der Waals surface area (Å²) in [6, 6.07) is 6.03. The van der Waals surface area contributed by atoms with Gasteiger partial charge in [-0.25, -0.2) is 4.39 Å². The summed E-state index contributed by atoms with van der Waals surface area (Å²) in [5, 5.41) is 9.89. The second-order valence-corrected chi connectivity index (χ2v) is 5.22. The van der Waals surface area contributed by atoms with E-state index in [4.69, 9.17) is 4.84 Å². The normalized spacial score (nSPS) is 23.4. The molecule has 21 heavy (non-hydrogen) atoms. The van der Waals surface area contributed by atoms with Crippen LogP contribution in [-0.2, 0) is 16.2 Å². The second kappa shape index (κ2) is 6.41. The minimum absolute atomic E-state index is 0. The number of nitrogens with zero attached hydrogens (tertiary/aromatic N) is 1. The van der Waals surface area contributed by atoms with Gasteiger partial charge in [0.15, 0.2) is 5.60 Å². The van der Waals surface area contributed by atoms with E-state index in [1.165, 1.54) is 12.1 Å². The fraction of sp³-hybridized carbons (Fsp3) is 0.429. The van der Waals surface area contributed by atoms with Crippen LogP contribution in [0.25, 0.3) is 0 Å². The molecule has 3 rings (SSSR count). The third-order valence-electron chi connectivity index (χ3n) is 3.67. The number of halogens is 2. The highest BCUT2D eigenvalue weighted by Crippen LogP contribution is 2.29. The molecular weight excluding hydrogens is 297 g/mol. The molecule has 0 aliphatic carbocycles. The molecule has 0 bridgehead atoms. The molecule has 7 heteroatoms. The largest absolute Gasteiger partial charge is 0.387 e. The minimum atomic E-state index is -0.331. The summed E-state index contributed by atoms with van der Waals surface area (Å²) in [7, 11) is 0. The highest BCUT2D eigenvalue weighted by atomic mass is 35.5. The van der Waals surface area contributed by atoms with E-state index in [0.29, 0.717) is 18.7 Å². The maximum absolute atomic E-state index is 12.8. The molecule has 1 saturated heterocycles. The SMILES string of the molecule is Cl.O=C(NCc1ccc(F)cc1)C1=NOC2(CCNC2)C1. The summed E-state index contributed by atoms with van der Waals surface area (Å²) >= 11 is 0. The third kappa shape index (κ3) is 3.51. The van der Waals surface area contributed by atoms with E-state index in [-0.39, 0.29) is 29.7 Å². The molecule has 1 amide bonds. The van der Waals surface area contributed by atoms with Gasteiger partial charge in [-0.15, -0.1) is 12.4 Å². The predicted molar refractivity (Wildman–Crippen MR) is 78.8 cm³/mol. The zero-order valence-electron chi connectivity index (χ0n) is 11.4. The van der Waals surface area contributed by atoms with Crippen LogP contribution in [0.2, 0.25) is 0 Å². The zero-order valence-corrected chi connectivity index (χ0v) is 12.2. The quantitative estimate of drug-likeness (QED) is 0.886. The van der Waals surface area contributed by atoms with E-state index in [1.807, 2.05) is 0 Å². The van der Waals surface area contributed by atoms with Crippen molar-refractivity contribution in [3.8, 4) is 0 Å². The van der Waals surface area contributed by atoms with Gasteiger partial charge in [0, 0.05) is 25.9 Å². The molecule has 1 aromatic rings. The number of nitrogens with one attached hydrogen (secondary N) is 2. The van der Waals surface area contributed by atoms with Crippen molar-refractivity contribution in [1.29, 1.82) is 0 Å². The first-order chi connectivity index (χ1) is 9.67. The second-order valence-electron chi connectivity index (χ2n) is 5.22. The van der Waals surface area contributed by atoms with Crippen molar-refractivity contribution in [3.63, 3.8) is 0 Å². The Labute approximate surface area is 128 Å². The standard InChI is InChI=1S/C14H16FN3O2.ClH/c15-11-3-1-10(2-4-11)8-17-13(19)12-7-14(20-18-12)5-6-16-9-14;/h1-4,16H,5-9H2,(H,17,19);1H. The highest BCUT2D eigenvalue weighted by Gasteiger charge is 2.43. The Bertz CT molecular complexity index is 542. The molecule has 1 unspecified atom stereocenters. The van der Waals surface area contributed by atoms with Crippen LogP contribution in [-0.4, -0.2) is 30.3 Å². The van der Waals surface area contributed by atoms with E-state index >= 15 is 0 Å². The molecule has 2 aliphatic rings. The molecule has 0 saturated carbocycles. The number of benzene rings is 1. The van der Waals surface area contributed by atoms with Gasteiger partial charge in [0.05, 0.1) is 0 Å². The molecule has 2 aliphatic heterocycles. The lowest BCUT2D eigenvalue weighted by atomic mass is 9.96. The number of hydrogen-bond donors (Lipinski definition) is 2. The minimum Gasteiger partial charge on any atom is -0.387 e. The maximum atomic E-state index is 12.8. The first kappa shape index (κ1) is 15.7. The molecular formula is C14H17ClFN3O2. The molecule has 2 heterocycles. The number of rotatable bonds is 3. The Morgan fingerprint density at radius 2 is 2.19 bits per heavy atom. The van der Waals surface area contributed by atoms with Crippen molar-refractivity contribution in [2.45, 2.75) is 25.0 Å². The third-order valence-corrected chi connectivity index (χ3v) is 3.67. The lowest BCUT2D eigenvalue weighted by molar-refractivity contribution is -0.115. The topological polar surface area (TPSA) is 62.7 Å². The van der Waals surface area contributed by atoms with Gasteiger partial charge in [0.25, 0.3) is 5.91 Å². The van der Waals surface area contributed by atoms with Crippen molar-refractivity contribution >= 4 is 24.0 Å². The van der Waals surface area contributed by atoms with Crippen LogP contribution >= 0.6 is 12.4 Å². The highest BCUT2D eigenvalue weighted by molar-refractivity contribution is 6.39. The van der Waals surface area contributed by atoms with Crippen LogP contribution in [0.15, 0.2) is 29.4 Å². The van der Waals surface area contributed by atoms with Crippen molar-refractivity contribution in [3.05, 3.63) is 35.6 Å². The summed E-state index contributed by atoms with van der Waals surface area (Å²) in [5.41, 5.74) is 0.940. The van der Waals surface area contributed by atoms with Crippen molar-refractivity contribution in [2.24, 2.45) is 5.16 Å². The summed E-state index contributed by atoms with van der Waals surface area (Å²) in [5.74, 6) is -0.512. The van der Waals surface area contributed by atoms with Gasteiger partial charge in [-0.1, -0.05) is 17.3 Å². The van der Waals surface area contributed by atoms with Gasteiger partial charge in [-0.2, -0.15) is 0 Å². The summed E-state index contributed by atoms with van der Waals surface area (Å²) in [6.45, 7) is 1.97. The van der Waals surface area contributed by atoms with E-state index in [1.54, 1.807) is 12.1 Å². The van der Waals surface area contributed by atoms with Crippen LogP contribution in [0.4, 0.5) is 4.39 Å². The Morgan fingerprint density at radius 1 is 1.43 bits per heavy atom. The lowest BCUT2D eigenvalue weighted by Crippen LogP contribution is -2.36. The van der Waals surface area contributed by atoms with E-state index in [0.717, 1.165) is 25.1 Å². The van der Waals surface area contributed by atoms with Crippen molar-refractivity contribution in [1.82, 2.24) is 10.6 Å². The summed E-state index contributed by atoms with van der Waals surface area (Å²) in [4.78, 5) is 17.4. The Hall–Kier alpha value is -1.66. The van der Waals surface area contributed by atoms with Gasteiger partial charge in [-0.05, 0) is 24.2 Å². The molecule has 2 N–H and O–H groups in total. The number of carbonyl (C=O) groups excluding carboxylic acids is 1. The number of amides is 1. The van der Waals surface area contributed by atoms with Gasteiger partial charge in [0.1, 0.15) is 11.5 Å². The van der Waals surface area contributed by atoms with Crippen LogP contribution in [0.3, 0.4) is 0 Å². The van der Waals surface area contributed by atoms with Crippen LogP contribution in [0.1, 0.15) is 18.4 Å². The molecule has 1 spiro atoms. The van der Waals surface area contributed by atoms with Crippen LogP contribution in [0.5, 0.6) is 0 Å². The fourth-order valence-corrected chi connectivity index (χ4v) is 2.48. The summed E-state index contributed by atoms with van der Waals surface area (Å²) in [6.07, 6.45) is 1.40. The maximum Gasteiger partial charge on any atom is 0.269 e. The molecule has 5 nitrogen and oxygen atoms in total. The first-order valence-corrected chi connectivity index (χ1v) is 6.65. The van der Waals surface area contributed by atoms with E-state index in [9.17, 15) is 9.18 Å². The average molecular weight is 314 g/mol. The van der Waals surface area contributed by atoms with Gasteiger partial charge < -0.3 is 15.5 Å². The average Bonchev–Trinajstić information content (AvgIpc) is 3.09. The van der Waals surface area contributed by atoms with Crippen LogP contribution in [0, 0.1) is 5.82 Å². The van der Waals surface area contributed by atoms with Crippen molar-refractivity contribution < 1.29 is 14.0 Å². The Balaban J connectivity index is 0.00000161. The van der Waals surface area contributed by atoms with Crippen LogP contribution < -0.4 is 10.6 Å². The van der Waals surface area contributed by atoms with Gasteiger partial charge in [0.2, 0.25) is 0 Å². The molecule has 1 atom stereocenters. The van der Waals surface area contributed by atoms with E-state index < -0.39 is 0 Å². The van der Waals surface area contributed by atoms with Gasteiger partial charge in [-0.3, -0.25) is 4.79 Å². The molecule has 114 valence electrons. The fourth-order valence-electron chi connectivity index (χ4n) is 2.48. The number of oxime groups is 1. The molecule has 1 aromatic carbocycles. The Morgan fingerprint density at radius 3 is 2.86 bits per heavy atom. The summed E-state index contributed by atoms with van der Waals surface area (Å²) < 4.78 is 12.8. The zero-order chi connectivity index (χ0) is 14.0. The predicted octanol–water partition coefficient (Wildman–Crippen LogP) is 1.37. The molecule has 0 radical (unpaired) electrons. The number of hydrogen-bond acceptors (Lipinski definition) is 4. The van der Waals surface area contributed by atoms with E-state index in [2.05, 4.69) is 15.8 Å². The smallest absolute Gasteiger partial charge is 0.269 e. The lowest BCUT2D eigenvalue weighted by Gasteiger charge is -2.18. The van der Waals surface area contributed by atoms with Crippen molar-refractivity contribution in [2.75, 3.05) is 13.1 Å². The molecule has 0 aromatic heterocycles. The number of carbonyl (C=O) groups is 1.